The van der Waals surface area contributed by atoms with E-state index in [4.69, 9.17) is 4.74 Å². The third-order valence-electron chi connectivity index (χ3n) is 3.45. The molecule has 0 saturated heterocycles. The number of carbonyl (C=O) groups excluding carboxylic acids is 1. The Morgan fingerprint density at radius 2 is 1.90 bits per heavy atom. The molecule has 1 saturated carbocycles. The molecule has 20 heavy (non-hydrogen) atoms. The predicted octanol–water partition coefficient (Wildman–Crippen LogP) is 3.61. The van der Waals surface area contributed by atoms with Crippen LogP contribution < -0.4 is 0 Å². The van der Waals surface area contributed by atoms with Crippen molar-refractivity contribution >= 4 is 11.7 Å². The normalized spacial score (nSPS) is 16.4. The Hall–Kier alpha value is -1.98. The molecule has 1 aliphatic carbocycles. The summed E-state index contributed by atoms with van der Waals surface area (Å²) in [4.78, 5) is 21.7. The zero-order valence-corrected chi connectivity index (χ0v) is 11.0. The molecule has 1 fully saturated rings. The molecule has 0 aromatic heterocycles. The number of nitro benzene ring substituents is 1. The molecule has 1 aliphatic rings. The molecule has 1 aromatic rings. The Balaban J connectivity index is 2.08. The first kappa shape index (κ1) is 14.4. The lowest BCUT2D eigenvalue weighted by Crippen LogP contribution is -2.17. The van der Waals surface area contributed by atoms with Crippen LogP contribution in [0, 0.1) is 15.9 Å². The fraction of sp³-hybridized carbons (Fsp3) is 0.500. The maximum Gasteiger partial charge on any atom is 0.338 e. The average molecular weight is 281 g/mol. The molecule has 1 aromatic carbocycles. The first-order chi connectivity index (χ1) is 9.58. The molecule has 6 heteroatoms. The van der Waals surface area contributed by atoms with Gasteiger partial charge in [-0.15, -0.1) is 0 Å². The molecule has 2 rings (SSSR count). The number of benzene rings is 1. The summed E-state index contributed by atoms with van der Waals surface area (Å²) < 4.78 is 18.6. The number of nitrogens with zero attached hydrogens (tertiary/aromatic N) is 1. The average Bonchev–Trinajstić information content (AvgIpc) is 2.67. The summed E-state index contributed by atoms with van der Waals surface area (Å²) in [6.45, 7) is 0. The molecule has 0 N–H and O–H groups in total. The number of ether oxygens (including phenoxy) is 1. The second kappa shape index (κ2) is 6.45. The van der Waals surface area contributed by atoms with Gasteiger partial charge in [-0.25, -0.2) is 4.79 Å². The molecule has 0 unspecified atom stereocenters. The van der Waals surface area contributed by atoms with Gasteiger partial charge in [0.1, 0.15) is 6.10 Å². The van der Waals surface area contributed by atoms with E-state index in [-0.39, 0.29) is 11.7 Å². The smallest absolute Gasteiger partial charge is 0.338 e. The maximum atomic E-state index is 13.2. The number of hydrogen-bond acceptors (Lipinski definition) is 4. The lowest BCUT2D eigenvalue weighted by molar-refractivity contribution is -0.387. The Morgan fingerprint density at radius 3 is 2.50 bits per heavy atom. The van der Waals surface area contributed by atoms with E-state index in [9.17, 15) is 19.3 Å². The van der Waals surface area contributed by atoms with Crippen molar-refractivity contribution in [2.24, 2.45) is 0 Å². The predicted molar refractivity (Wildman–Crippen MR) is 70.0 cm³/mol. The van der Waals surface area contributed by atoms with E-state index in [0.29, 0.717) is 0 Å². The number of carbonyl (C=O) groups is 1. The maximum absolute atomic E-state index is 13.2. The SMILES string of the molecule is O=C(OC1CCCCCC1)c1ccc(F)c([N+](=O)[O-])c1. The number of esters is 1. The molecule has 0 heterocycles. The molecule has 0 atom stereocenters. The van der Waals surface area contributed by atoms with Crippen LogP contribution in [0.3, 0.4) is 0 Å². The van der Waals surface area contributed by atoms with E-state index in [0.717, 1.165) is 50.7 Å². The van der Waals surface area contributed by atoms with Gasteiger partial charge in [-0.05, 0) is 37.8 Å². The number of nitro groups is 1. The minimum absolute atomic E-state index is 0.0161. The molecule has 108 valence electrons. The van der Waals surface area contributed by atoms with Gasteiger partial charge in [-0.3, -0.25) is 10.1 Å². The highest BCUT2D eigenvalue weighted by Gasteiger charge is 2.21. The van der Waals surface area contributed by atoms with Crippen molar-refractivity contribution in [3.8, 4) is 0 Å². The van der Waals surface area contributed by atoms with Crippen LogP contribution in [0.25, 0.3) is 0 Å². The monoisotopic (exact) mass is 281 g/mol. The lowest BCUT2D eigenvalue weighted by atomic mass is 10.1. The largest absolute Gasteiger partial charge is 0.459 e. The summed E-state index contributed by atoms with van der Waals surface area (Å²) in [5, 5.41) is 10.6. The highest BCUT2D eigenvalue weighted by molar-refractivity contribution is 5.90. The van der Waals surface area contributed by atoms with E-state index < -0.39 is 22.4 Å². The van der Waals surface area contributed by atoms with E-state index in [2.05, 4.69) is 0 Å². The van der Waals surface area contributed by atoms with Crippen molar-refractivity contribution < 1.29 is 18.8 Å². The second-order valence-electron chi connectivity index (χ2n) is 4.94. The molecular weight excluding hydrogens is 265 g/mol. The fourth-order valence-corrected chi connectivity index (χ4v) is 2.36. The highest BCUT2D eigenvalue weighted by atomic mass is 19.1. The molecule has 0 aliphatic heterocycles. The molecule has 0 spiro atoms. The van der Waals surface area contributed by atoms with Gasteiger partial charge in [-0.2, -0.15) is 4.39 Å². The highest BCUT2D eigenvalue weighted by Crippen LogP contribution is 2.23. The molecular formula is C14H16FNO4. The Morgan fingerprint density at radius 1 is 1.25 bits per heavy atom. The quantitative estimate of drug-likeness (QED) is 0.367. The van der Waals surface area contributed by atoms with Crippen LogP contribution in [0.4, 0.5) is 10.1 Å². The molecule has 0 bridgehead atoms. The van der Waals surface area contributed by atoms with Crippen LogP contribution in [0.15, 0.2) is 18.2 Å². The van der Waals surface area contributed by atoms with Crippen LogP contribution in [0.1, 0.15) is 48.9 Å². The number of hydrogen-bond donors (Lipinski definition) is 0. The first-order valence-corrected chi connectivity index (χ1v) is 6.73. The van der Waals surface area contributed by atoms with Crippen molar-refractivity contribution in [3.63, 3.8) is 0 Å². The summed E-state index contributed by atoms with van der Waals surface area (Å²) in [5.74, 6) is -1.58. The van der Waals surface area contributed by atoms with Gasteiger partial charge in [0.25, 0.3) is 0 Å². The first-order valence-electron chi connectivity index (χ1n) is 6.73. The van der Waals surface area contributed by atoms with Gasteiger partial charge in [0.15, 0.2) is 0 Å². The summed E-state index contributed by atoms with van der Waals surface area (Å²) in [6, 6.07) is 3.05. The van der Waals surface area contributed by atoms with Gasteiger partial charge < -0.3 is 4.74 Å². The van der Waals surface area contributed by atoms with Crippen LogP contribution in [-0.2, 0) is 4.74 Å². The van der Waals surface area contributed by atoms with Crippen LogP contribution in [0.2, 0.25) is 0 Å². The zero-order chi connectivity index (χ0) is 14.5. The summed E-state index contributed by atoms with van der Waals surface area (Å²) in [6.07, 6.45) is 5.79. The number of halogens is 1. The van der Waals surface area contributed by atoms with Gasteiger partial charge in [0.05, 0.1) is 10.5 Å². The van der Waals surface area contributed by atoms with Gasteiger partial charge in [-0.1, -0.05) is 12.8 Å². The second-order valence-corrected chi connectivity index (χ2v) is 4.94. The van der Waals surface area contributed by atoms with Crippen molar-refractivity contribution in [2.75, 3.05) is 0 Å². The van der Waals surface area contributed by atoms with E-state index >= 15 is 0 Å². The fourth-order valence-electron chi connectivity index (χ4n) is 2.36. The number of rotatable bonds is 3. The van der Waals surface area contributed by atoms with Crippen molar-refractivity contribution in [2.45, 2.75) is 44.6 Å². The van der Waals surface area contributed by atoms with Crippen LogP contribution in [-0.4, -0.2) is 17.0 Å². The topological polar surface area (TPSA) is 69.4 Å². The van der Waals surface area contributed by atoms with E-state index in [1.807, 2.05) is 0 Å². The Labute approximate surface area is 115 Å². The van der Waals surface area contributed by atoms with E-state index in [1.165, 1.54) is 6.07 Å². The Kier molecular flexibility index (Phi) is 4.65. The van der Waals surface area contributed by atoms with Crippen molar-refractivity contribution in [1.29, 1.82) is 0 Å². The molecule has 5 nitrogen and oxygen atoms in total. The van der Waals surface area contributed by atoms with Crippen molar-refractivity contribution in [3.05, 3.63) is 39.7 Å². The lowest BCUT2D eigenvalue weighted by Gasteiger charge is -2.15. The minimum atomic E-state index is -0.957. The molecule has 0 amide bonds. The van der Waals surface area contributed by atoms with E-state index in [1.54, 1.807) is 0 Å². The summed E-state index contributed by atoms with van der Waals surface area (Å²) >= 11 is 0. The van der Waals surface area contributed by atoms with Gasteiger partial charge >= 0.3 is 11.7 Å². The third kappa shape index (κ3) is 3.53. The van der Waals surface area contributed by atoms with Gasteiger partial charge in [0.2, 0.25) is 5.82 Å². The summed E-state index contributed by atoms with van der Waals surface area (Å²) in [7, 11) is 0. The standard InChI is InChI=1S/C14H16FNO4/c15-12-8-7-10(9-13(12)16(18)19)14(17)20-11-5-3-1-2-4-6-11/h7-9,11H,1-6H2. The Bertz CT molecular complexity index is 510. The van der Waals surface area contributed by atoms with Crippen LogP contribution >= 0.6 is 0 Å². The minimum Gasteiger partial charge on any atom is -0.459 e. The zero-order valence-electron chi connectivity index (χ0n) is 11.0. The summed E-state index contributed by atoms with van der Waals surface area (Å²) in [5.41, 5.74) is -0.692. The van der Waals surface area contributed by atoms with Gasteiger partial charge in [0, 0.05) is 6.07 Å². The molecule has 0 radical (unpaired) electrons. The third-order valence-corrected chi connectivity index (χ3v) is 3.45. The van der Waals surface area contributed by atoms with Crippen molar-refractivity contribution in [1.82, 2.24) is 0 Å². The van der Waals surface area contributed by atoms with Crippen LogP contribution in [0.5, 0.6) is 0 Å².